The fraction of sp³-hybridized carbons (Fsp3) is 0.947. The Kier molecular flexibility index (Phi) is 8.51. The van der Waals surface area contributed by atoms with Crippen molar-refractivity contribution in [3.05, 3.63) is 0 Å². The average Bonchev–Trinajstić information content (AvgIpc) is 2.44. The van der Waals surface area contributed by atoms with E-state index in [9.17, 15) is 15.0 Å². The lowest BCUT2D eigenvalue weighted by atomic mass is 9.82. The number of carbonyl (C=O) groups is 1. The minimum atomic E-state index is -0.971. The zero-order chi connectivity index (χ0) is 18.3. The molecule has 0 aliphatic heterocycles. The van der Waals surface area contributed by atoms with Crippen molar-refractivity contribution in [2.45, 2.75) is 103 Å². The van der Waals surface area contributed by atoms with Crippen LogP contribution in [0, 0.1) is 11.8 Å². The molecular formula is C19H37NO4. The lowest BCUT2D eigenvalue weighted by molar-refractivity contribution is -0.0232. The van der Waals surface area contributed by atoms with Crippen LogP contribution in [0.4, 0.5) is 4.79 Å². The van der Waals surface area contributed by atoms with E-state index in [1.807, 2.05) is 34.6 Å². The second kappa shape index (κ2) is 9.62. The van der Waals surface area contributed by atoms with Gasteiger partial charge in [0.1, 0.15) is 11.7 Å². The lowest BCUT2D eigenvalue weighted by Gasteiger charge is -2.33. The Morgan fingerprint density at radius 3 is 2.25 bits per heavy atom. The second-order valence-electron chi connectivity index (χ2n) is 8.68. The number of alkyl carbamates (subject to hydrolysis) is 1. The molecule has 1 fully saturated rings. The highest BCUT2D eigenvalue weighted by molar-refractivity contribution is 5.68. The molecule has 1 aliphatic rings. The standard InChI is InChI=1S/C19H37NO4/c1-13(2)11-16(21)17(22)15(12-14-9-7-6-8-10-14)20-18(23)24-19(3,4)5/h13-17,21-22H,6-12H2,1-5H3,(H,20,23)/t15?,16-,17+/m0/s1. The number of rotatable bonds is 7. The molecule has 0 radical (unpaired) electrons. The van der Waals surface area contributed by atoms with Crippen molar-refractivity contribution in [2.75, 3.05) is 0 Å². The van der Waals surface area contributed by atoms with E-state index in [0.717, 1.165) is 12.8 Å². The molecule has 1 saturated carbocycles. The number of nitrogens with one attached hydrogen (secondary N) is 1. The molecule has 1 unspecified atom stereocenters. The first kappa shape index (κ1) is 21.2. The second-order valence-corrected chi connectivity index (χ2v) is 8.68. The molecule has 0 aromatic carbocycles. The number of carbonyl (C=O) groups excluding carboxylic acids is 1. The SMILES string of the molecule is CC(C)C[C@H](O)[C@H](O)C(CC1CCCCC1)NC(=O)OC(C)(C)C. The molecule has 0 bridgehead atoms. The van der Waals surface area contributed by atoms with Crippen LogP contribution in [0.2, 0.25) is 0 Å². The maximum absolute atomic E-state index is 12.1. The van der Waals surface area contributed by atoms with Gasteiger partial charge in [0.2, 0.25) is 0 Å². The van der Waals surface area contributed by atoms with Crippen LogP contribution in [0.5, 0.6) is 0 Å². The summed E-state index contributed by atoms with van der Waals surface area (Å²) in [6.07, 6.45) is 4.78. The summed E-state index contributed by atoms with van der Waals surface area (Å²) >= 11 is 0. The highest BCUT2D eigenvalue weighted by Crippen LogP contribution is 2.29. The van der Waals surface area contributed by atoms with Crippen LogP contribution in [-0.2, 0) is 4.74 Å². The van der Waals surface area contributed by atoms with Crippen molar-refractivity contribution < 1.29 is 19.7 Å². The van der Waals surface area contributed by atoms with Gasteiger partial charge >= 0.3 is 6.09 Å². The van der Waals surface area contributed by atoms with E-state index in [1.165, 1.54) is 19.3 Å². The van der Waals surface area contributed by atoms with Gasteiger partial charge in [0.25, 0.3) is 0 Å². The molecule has 1 amide bonds. The fourth-order valence-electron chi connectivity index (χ4n) is 3.42. The maximum atomic E-state index is 12.1. The smallest absolute Gasteiger partial charge is 0.407 e. The van der Waals surface area contributed by atoms with E-state index in [4.69, 9.17) is 4.74 Å². The van der Waals surface area contributed by atoms with Crippen LogP contribution in [-0.4, -0.2) is 40.2 Å². The molecule has 5 nitrogen and oxygen atoms in total. The Morgan fingerprint density at radius 2 is 1.75 bits per heavy atom. The number of aliphatic hydroxyl groups excluding tert-OH is 2. The molecule has 3 atom stereocenters. The maximum Gasteiger partial charge on any atom is 0.407 e. The van der Waals surface area contributed by atoms with Gasteiger partial charge in [-0.05, 0) is 45.4 Å². The Hall–Kier alpha value is -0.810. The van der Waals surface area contributed by atoms with Gasteiger partial charge in [-0.2, -0.15) is 0 Å². The van der Waals surface area contributed by atoms with E-state index in [0.29, 0.717) is 18.8 Å². The predicted octanol–water partition coefficient (Wildman–Crippen LogP) is 3.62. The topological polar surface area (TPSA) is 78.8 Å². The quantitative estimate of drug-likeness (QED) is 0.660. The molecule has 0 aromatic heterocycles. The number of ether oxygens (including phenoxy) is 1. The van der Waals surface area contributed by atoms with Crippen LogP contribution in [0.1, 0.15) is 79.6 Å². The summed E-state index contributed by atoms with van der Waals surface area (Å²) in [4.78, 5) is 12.1. The average molecular weight is 344 g/mol. The fourth-order valence-corrected chi connectivity index (χ4v) is 3.42. The molecular weight excluding hydrogens is 306 g/mol. The molecule has 1 rings (SSSR count). The van der Waals surface area contributed by atoms with E-state index in [2.05, 4.69) is 5.32 Å². The van der Waals surface area contributed by atoms with Crippen molar-refractivity contribution in [1.82, 2.24) is 5.32 Å². The minimum Gasteiger partial charge on any atom is -0.444 e. The third-order valence-electron chi connectivity index (χ3n) is 4.53. The Bertz CT molecular complexity index is 372. The van der Waals surface area contributed by atoms with Crippen LogP contribution in [0.15, 0.2) is 0 Å². The van der Waals surface area contributed by atoms with Crippen molar-refractivity contribution >= 4 is 6.09 Å². The zero-order valence-corrected chi connectivity index (χ0v) is 16.0. The van der Waals surface area contributed by atoms with Crippen LogP contribution in [0.25, 0.3) is 0 Å². The lowest BCUT2D eigenvalue weighted by Crippen LogP contribution is -2.51. The summed E-state index contributed by atoms with van der Waals surface area (Å²) in [5.41, 5.74) is -0.582. The van der Waals surface area contributed by atoms with Gasteiger partial charge in [-0.1, -0.05) is 46.0 Å². The summed E-state index contributed by atoms with van der Waals surface area (Å²) in [5, 5.41) is 23.7. The van der Waals surface area contributed by atoms with Crippen LogP contribution < -0.4 is 5.32 Å². The minimum absolute atomic E-state index is 0.284. The van der Waals surface area contributed by atoms with Gasteiger partial charge in [-0.25, -0.2) is 4.79 Å². The van der Waals surface area contributed by atoms with Gasteiger partial charge in [0, 0.05) is 0 Å². The highest BCUT2D eigenvalue weighted by atomic mass is 16.6. The Balaban J connectivity index is 2.71. The van der Waals surface area contributed by atoms with Gasteiger partial charge in [-0.15, -0.1) is 0 Å². The van der Waals surface area contributed by atoms with E-state index >= 15 is 0 Å². The third-order valence-corrected chi connectivity index (χ3v) is 4.53. The van der Waals surface area contributed by atoms with Crippen molar-refractivity contribution in [1.29, 1.82) is 0 Å². The Morgan fingerprint density at radius 1 is 1.17 bits per heavy atom. The zero-order valence-electron chi connectivity index (χ0n) is 16.0. The summed E-state index contributed by atoms with van der Waals surface area (Å²) < 4.78 is 5.33. The third kappa shape index (κ3) is 8.34. The molecule has 0 aromatic rings. The van der Waals surface area contributed by atoms with Gasteiger partial charge in [0.15, 0.2) is 0 Å². The first-order valence-corrected chi connectivity index (χ1v) is 9.44. The molecule has 5 heteroatoms. The summed E-state index contributed by atoms with van der Waals surface area (Å²) in [7, 11) is 0. The molecule has 0 heterocycles. The van der Waals surface area contributed by atoms with E-state index in [1.54, 1.807) is 0 Å². The van der Waals surface area contributed by atoms with Crippen LogP contribution in [0.3, 0.4) is 0 Å². The normalized spacial score (nSPS) is 20.5. The Labute approximate surface area is 147 Å². The van der Waals surface area contributed by atoms with Gasteiger partial charge in [-0.3, -0.25) is 0 Å². The monoisotopic (exact) mass is 343 g/mol. The van der Waals surface area contributed by atoms with Gasteiger partial charge < -0.3 is 20.3 Å². The van der Waals surface area contributed by atoms with E-state index in [-0.39, 0.29) is 5.92 Å². The molecule has 0 spiro atoms. The highest BCUT2D eigenvalue weighted by Gasteiger charge is 2.32. The summed E-state index contributed by atoms with van der Waals surface area (Å²) in [6.45, 7) is 9.45. The van der Waals surface area contributed by atoms with Crippen molar-refractivity contribution in [2.24, 2.45) is 11.8 Å². The van der Waals surface area contributed by atoms with Crippen molar-refractivity contribution in [3.63, 3.8) is 0 Å². The van der Waals surface area contributed by atoms with Crippen LogP contribution >= 0.6 is 0 Å². The van der Waals surface area contributed by atoms with Gasteiger partial charge in [0.05, 0.1) is 12.1 Å². The number of hydrogen-bond donors (Lipinski definition) is 3. The molecule has 0 saturated heterocycles. The number of hydrogen-bond acceptors (Lipinski definition) is 4. The summed E-state index contributed by atoms with van der Waals surface area (Å²) in [5.74, 6) is 0.770. The molecule has 24 heavy (non-hydrogen) atoms. The number of aliphatic hydroxyl groups is 2. The first-order chi connectivity index (χ1) is 11.1. The number of amides is 1. The molecule has 3 N–H and O–H groups in total. The molecule has 1 aliphatic carbocycles. The summed E-state index contributed by atoms with van der Waals surface area (Å²) in [6, 6.07) is -0.475. The predicted molar refractivity (Wildman–Crippen MR) is 95.8 cm³/mol. The van der Waals surface area contributed by atoms with E-state index < -0.39 is 29.9 Å². The van der Waals surface area contributed by atoms with Crippen molar-refractivity contribution in [3.8, 4) is 0 Å². The largest absolute Gasteiger partial charge is 0.444 e. The first-order valence-electron chi connectivity index (χ1n) is 9.44. The molecule has 142 valence electrons.